The molecule has 0 saturated carbocycles. The van der Waals surface area contributed by atoms with Gasteiger partial charge in [0.25, 0.3) is 0 Å². The third kappa shape index (κ3) is 2.11. The average Bonchev–Trinajstić information content (AvgIpc) is 2.89. The Kier molecular flexibility index (Phi) is 2.69. The van der Waals surface area contributed by atoms with Crippen molar-refractivity contribution >= 4 is 5.82 Å². The molecule has 2 heterocycles. The van der Waals surface area contributed by atoms with Crippen molar-refractivity contribution in [2.45, 2.75) is 32.2 Å². The van der Waals surface area contributed by atoms with Gasteiger partial charge in [0.1, 0.15) is 12.1 Å². The second kappa shape index (κ2) is 4.48. The molecule has 0 atom stereocenters. The molecule has 0 saturated heterocycles. The Labute approximate surface area is 98.5 Å². The zero-order valence-electron chi connectivity index (χ0n) is 9.39. The van der Waals surface area contributed by atoms with Crippen molar-refractivity contribution < 1.29 is 4.52 Å². The molecule has 2 aromatic rings. The smallest absolute Gasteiger partial charge is 0.213 e. The number of fused-ring (bicyclic) bond motifs is 1. The van der Waals surface area contributed by atoms with Crippen molar-refractivity contribution in [2.75, 3.05) is 5.32 Å². The van der Waals surface area contributed by atoms with Crippen LogP contribution in [-0.4, -0.2) is 20.1 Å². The first kappa shape index (κ1) is 10.2. The molecule has 17 heavy (non-hydrogen) atoms. The first-order chi connectivity index (χ1) is 8.43. The number of hydrogen-bond donors (Lipinski definition) is 1. The zero-order valence-corrected chi connectivity index (χ0v) is 9.39. The average molecular weight is 231 g/mol. The molecule has 88 valence electrons. The molecule has 0 fully saturated rings. The summed E-state index contributed by atoms with van der Waals surface area (Å²) in [6, 6.07) is 0. The van der Waals surface area contributed by atoms with Gasteiger partial charge in [0.05, 0.1) is 6.54 Å². The second-order valence-electron chi connectivity index (χ2n) is 4.06. The van der Waals surface area contributed by atoms with E-state index in [1.54, 1.807) is 6.33 Å². The van der Waals surface area contributed by atoms with E-state index in [-0.39, 0.29) is 0 Å². The number of nitrogens with one attached hydrogen (secondary N) is 1. The Morgan fingerprint density at radius 2 is 2.12 bits per heavy atom. The summed E-state index contributed by atoms with van der Waals surface area (Å²) in [6.07, 6.45) is 7.46. The normalized spacial score (nSPS) is 14.4. The molecule has 0 bridgehead atoms. The van der Waals surface area contributed by atoms with Crippen molar-refractivity contribution in [3.63, 3.8) is 0 Å². The molecule has 0 aliphatic heterocycles. The summed E-state index contributed by atoms with van der Waals surface area (Å²) in [5, 5.41) is 6.99. The van der Waals surface area contributed by atoms with Gasteiger partial charge in [0.2, 0.25) is 6.39 Å². The van der Waals surface area contributed by atoms with Gasteiger partial charge in [-0.25, -0.2) is 9.97 Å². The summed E-state index contributed by atoms with van der Waals surface area (Å²) < 4.78 is 4.68. The predicted molar refractivity (Wildman–Crippen MR) is 60.3 cm³/mol. The molecule has 3 rings (SSSR count). The number of anilines is 1. The van der Waals surface area contributed by atoms with Crippen LogP contribution < -0.4 is 5.32 Å². The van der Waals surface area contributed by atoms with E-state index in [1.807, 2.05) is 0 Å². The molecule has 1 N–H and O–H groups in total. The van der Waals surface area contributed by atoms with E-state index in [2.05, 4.69) is 29.9 Å². The van der Waals surface area contributed by atoms with Crippen LogP contribution in [0.15, 0.2) is 17.2 Å². The molecule has 0 aromatic carbocycles. The minimum absolute atomic E-state index is 0.528. The van der Waals surface area contributed by atoms with E-state index < -0.39 is 0 Å². The van der Waals surface area contributed by atoms with Gasteiger partial charge in [0, 0.05) is 11.3 Å². The highest BCUT2D eigenvalue weighted by Gasteiger charge is 2.15. The molecule has 6 heteroatoms. The van der Waals surface area contributed by atoms with Gasteiger partial charge in [-0.3, -0.25) is 0 Å². The van der Waals surface area contributed by atoms with Gasteiger partial charge in [-0.05, 0) is 25.7 Å². The zero-order chi connectivity index (χ0) is 11.5. The highest BCUT2D eigenvalue weighted by atomic mass is 16.5. The van der Waals surface area contributed by atoms with Crippen LogP contribution >= 0.6 is 0 Å². The number of aromatic nitrogens is 4. The third-order valence-corrected chi connectivity index (χ3v) is 2.95. The van der Waals surface area contributed by atoms with E-state index in [1.165, 1.54) is 30.5 Å². The molecule has 0 amide bonds. The van der Waals surface area contributed by atoms with Gasteiger partial charge < -0.3 is 9.84 Å². The minimum Gasteiger partial charge on any atom is -0.362 e. The van der Waals surface area contributed by atoms with Crippen LogP contribution in [0.25, 0.3) is 0 Å². The predicted octanol–water partition coefficient (Wildman–Crippen LogP) is 1.35. The number of rotatable bonds is 3. The maximum Gasteiger partial charge on any atom is 0.213 e. The fourth-order valence-electron chi connectivity index (χ4n) is 2.11. The van der Waals surface area contributed by atoms with Crippen LogP contribution in [0, 0.1) is 0 Å². The van der Waals surface area contributed by atoms with Crippen molar-refractivity contribution in [3.8, 4) is 0 Å². The maximum atomic E-state index is 4.68. The molecule has 2 aromatic heterocycles. The monoisotopic (exact) mass is 231 g/mol. The van der Waals surface area contributed by atoms with Crippen molar-refractivity contribution in [2.24, 2.45) is 0 Å². The van der Waals surface area contributed by atoms with Gasteiger partial charge >= 0.3 is 0 Å². The second-order valence-corrected chi connectivity index (χ2v) is 4.06. The maximum absolute atomic E-state index is 4.68. The molecule has 0 radical (unpaired) electrons. The lowest BCUT2D eigenvalue weighted by Crippen LogP contribution is -2.12. The van der Waals surface area contributed by atoms with E-state index in [0.29, 0.717) is 12.4 Å². The molecule has 1 aliphatic rings. The minimum atomic E-state index is 0.528. The number of hydrogen-bond acceptors (Lipinski definition) is 6. The van der Waals surface area contributed by atoms with Gasteiger partial charge in [-0.15, -0.1) is 0 Å². The molecule has 1 aliphatic carbocycles. The Morgan fingerprint density at radius 1 is 1.18 bits per heavy atom. The fourth-order valence-corrected chi connectivity index (χ4v) is 2.11. The topological polar surface area (TPSA) is 76.7 Å². The Morgan fingerprint density at radius 3 is 3.00 bits per heavy atom. The van der Waals surface area contributed by atoms with E-state index in [9.17, 15) is 0 Å². The lowest BCUT2D eigenvalue weighted by atomic mass is 9.96. The van der Waals surface area contributed by atoms with E-state index in [0.717, 1.165) is 18.7 Å². The summed E-state index contributed by atoms with van der Waals surface area (Å²) in [7, 11) is 0. The summed E-state index contributed by atoms with van der Waals surface area (Å²) in [6.45, 7) is 0.528. The summed E-state index contributed by atoms with van der Waals surface area (Å²) >= 11 is 0. The van der Waals surface area contributed by atoms with Crippen molar-refractivity contribution in [3.05, 3.63) is 29.8 Å². The Balaban J connectivity index is 1.78. The van der Waals surface area contributed by atoms with E-state index >= 15 is 0 Å². The number of nitrogens with zero attached hydrogens (tertiary/aromatic N) is 4. The van der Waals surface area contributed by atoms with Crippen LogP contribution in [0.3, 0.4) is 0 Å². The van der Waals surface area contributed by atoms with Crippen LogP contribution in [0.4, 0.5) is 5.82 Å². The van der Waals surface area contributed by atoms with Gasteiger partial charge in [0.15, 0.2) is 5.82 Å². The SMILES string of the molecule is c1nc2c(c(NCc3ncon3)n1)CCCC2. The van der Waals surface area contributed by atoms with Gasteiger partial charge in [-0.2, -0.15) is 4.98 Å². The highest BCUT2D eigenvalue weighted by molar-refractivity contribution is 5.46. The largest absolute Gasteiger partial charge is 0.362 e. The summed E-state index contributed by atoms with van der Waals surface area (Å²) in [5.74, 6) is 1.53. The third-order valence-electron chi connectivity index (χ3n) is 2.95. The van der Waals surface area contributed by atoms with Crippen LogP contribution in [0.2, 0.25) is 0 Å². The molecule has 6 nitrogen and oxygen atoms in total. The molecule has 0 unspecified atom stereocenters. The highest BCUT2D eigenvalue weighted by Crippen LogP contribution is 2.24. The van der Waals surface area contributed by atoms with Crippen molar-refractivity contribution in [1.29, 1.82) is 0 Å². The first-order valence-corrected chi connectivity index (χ1v) is 5.75. The lowest BCUT2D eigenvalue weighted by molar-refractivity contribution is 0.411. The molecular formula is C11H13N5O. The van der Waals surface area contributed by atoms with Gasteiger partial charge in [-0.1, -0.05) is 5.16 Å². The Hall–Kier alpha value is -1.98. The van der Waals surface area contributed by atoms with Crippen LogP contribution in [-0.2, 0) is 19.4 Å². The summed E-state index contributed by atoms with van der Waals surface area (Å²) in [5.41, 5.74) is 2.41. The van der Waals surface area contributed by atoms with E-state index in [4.69, 9.17) is 0 Å². The summed E-state index contributed by atoms with van der Waals surface area (Å²) in [4.78, 5) is 12.6. The standard InChI is InChI=1S/C11H13N5O/c1-2-4-9-8(3-1)11(14-6-13-9)12-5-10-15-7-17-16-10/h6-7H,1-5H2,(H,12,13,14). The van der Waals surface area contributed by atoms with Crippen LogP contribution in [0.1, 0.15) is 29.9 Å². The Bertz CT molecular complexity index is 497. The van der Waals surface area contributed by atoms with Crippen molar-refractivity contribution in [1.82, 2.24) is 20.1 Å². The number of aryl methyl sites for hydroxylation is 1. The van der Waals surface area contributed by atoms with Crippen LogP contribution in [0.5, 0.6) is 0 Å². The quantitative estimate of drug-likeness (QED) is 0.859. The lowest BCUT2D eigenvalue weighted by Gasteiger charge is -2.17. The first-order valence-electron chi connectivity index (χ1n) is 5.75. The molecule has 0 spiro atoms. The molecular weight excluding hydrogens is 218 g/mol. The fraction of sp³-hybridized carbons (Fsp3) is 0.455.